The van der Waals surface area contributed by atoms with E-state index >= 15 is 0 Å². The minimum atomic E-state index is -1.21. The van der Waals surface area contributed by atoms with Crippen LogP contribution in [0.1, 0.15) is 77.0 Å². The maximum atomic E-state index is 14.1. The number of aliphatic hydroxyl groups excluding tert-OH is 3. The van der Waals surface area contributed by atoms with Crippen LogP contribution in [0.25, 0.3) is 9.69 Å². The molecule has 3 N–H and O–H groups in total. The summed E-state index contributed by atoms with van der Waals surface area (Å²) in [6.45, 7) is 17.3. The maximum Gasteiger partial charge on any atom is 0.349 e. The van der Waals surface area contributed by atoms with Crippen LogP contribution in [-0.2, 0) is 42.8 Å². The second kappa shape index (κ2) is 27.7. The number of carbonyl (C=O) groups excluding carboxylic acids is 3. The fourth-order valence-electron chi connectivity index (χ4n) is 10.2. The van der Waals surface area contributed by atoms with E-state index in [0.717, 1.165) is 38.5 Å². The molecule has 0 spiro atoms. The van der Waals surface area contributed by atoms with Gasteiger partial charge in [0, 0.05) is 88.5 Å². The number of allylic oxidation sites excluding steroid dienone is 3. The Hall–Kier alpha value is -7.05. The Morgan fingerprint density at radius 2 is 0.904 bits per heavy atom. The van der Waals surface area contributed by atoms with Crippen molar-refractivity contribution in [2.45, 2.75) is 95.4 Å². The zero-order valence-electron chi connectivity index (χ0n) is 40.9. The molecule has 0 saturated carbocycles. The van der Waals surface area contributed by atoms with E-state index in [0.29, 0.717) is 75.6 Å². The van der Waals surface area contributed by atoms with Crippen molar-refractivity contribution in [3.8, 4) is 24.3 Å². The molecule has 0 radical (unpaired) electrons. The van der Waals surface area contributed by atoms with Crippen molar-refractivity contribution < 1.29 is 58.1 Å². The van der Waals surface area contributed by atoms with Gasteiger partial charge in [0.25, 0.3) is 5.70 Å². The summed E-state index contributed by atoms with van der Waals surface area (Å²) in [4.78, 5) is 55.5. The van der Waals surface area contributed by atoms with E-state index in [-0.39, 0.29) is 92.5 Å². The molecule has 3 saturated heterocycles. The number of nitrogens with zero attached hydrogens (tertiary/aromatic N) is 9. The standard InChI is InChI=1S/C52H61N9O12/c1-57-48-40(23-37(70-20-17-64)26-47(48)61-13-7-8-14-61)49(58-2)52(67)73-33-34(31-71-50(65)43(29-55)38-21-35(68-18-15-62)24-45(41(38)27-53)59-9-3-4-10-59)32-72-51(66)44(30-56)39-22-36(69-19-16-63)25-46(42(39)28-54)60-11-5-6-12-60/h34-37,62-64H,3-26,31-33H2/b43-38+,44-39+,49-40-. The third-order valence-corrected chi connectivity index (χ3v) is 13.6. The highest BCUT2D eigenvalue weighted by Gasteiger charge is 2.38. The van der Waals surface area contributed by atoms with Crippen molar-refractivity contribution in [1.82, 2.24) is 14.7 Å². The molecular weight excluding hydrogens is 943 g/mol. The largest absolute Gasteiger partial charge is 0.470 e. The topological polar surface area (TPSA) is 281 Å². The molecule has 386 valence electrons. The van der Waals surface area contributed by atoms with Crippen LogP contribution in [0.5, 0.6) is 0 Å². The van der Waals surface area contributed by atoms with Crippen LogP contribution in [0, 0.1) is 64.4 Å². The van der Waals surface area contributed by atoms with Crippen LogP contribution in [-0.4, -0.2) is 165 Å². The number of aliphatic hydroxyl groups is 3. The summed E-state index contributed by atoms with van der Waals surface area (Å²) in [5, 5.41) is 70.3. The first-order chi connectivity index (χ1) is 35.6. The van der Waals surface area contributed by atoms with Crippen LogP contribution in [0.2, 0.25) is 0 Å². The number of rotatable bonds is 21. The lowest BCUT2D eigenvalue weighted by molar-refractivity contribution is -0.148. The van der Waals surface area contributed by atoms with Crippen molar-refractivity contribution in [3.63, 3.8) is 0 Å². The Kier molecular flexibility index (Phi) is 21.0. The van der Waals surface area contributed by atoms with Crippen molar-refractivity contribution in [1.29, 1.82) is 21.0 Å². The van der Waals surface area contributed by atoms with Gasteiger partial charge in [0.2, 0.25) is 0 Å². The van der Waals surface area contributed by atoms with Gasteiger partial charge in [-0.1, -0.05) is 0 Å². The molecule has 3 aliphatic heterocycles. The molecule has 0 bridgehead atoms. The first kappa shape index (κ1) is 55.3. The SMILES string of the molecule is [C-]#[N+]C1=C(N2CCCC2)CC(OCCO)C/C1=C(/[N+]#[C-])C(=O)OCC(COC(=O)/C(C#N)=C1\CC(OCCO)CC(N2CCCC2)=C1C#N)COC(=O)/C(C#N)=C1\CC(OCCO)CC(N2CCCC2)=C1C#N. The number of hydrogen-bond acceptors (Lipinski definition) is 19. The van der Waals surface area contributed by atoms with Crippen molar-refractivity contribution in [2.24, 2.45) is 5.92 Å². The van der Waals surface area contributed by atoms with E-state index < -0.39 is 78.8 Å². The van der Waals surface area contributed by atoms with Gasteiger partial charge in [-0.2, -0.15) is 21.0 Å². The molecule has 0 aromatic carbocycles. The summed E-state index contributed by atoms with van der Waals surface area (Å²) in [6.07, 6.45) is 4.44. The predicted octanol–water partition coefficient (Wildman–Crippen LogP) is 3.53. The summed E-state index contributed by atoms with van der Waals surface area (Å²) < 4.78 is 34.7. The Morgan fingerprint density at radius 3 is 1.25 bits per heavy atom. The van der Waals surface area contributed by atoms with E-state index in [1.165, 1.54) is 0 Å². The molecule has 3 fully saturated rings. The third kappa shape index (κ3) is 13.7. The number of ether oxygens (including phenoxy) is 6. The number of carbonyl (C=O) groups is 3. The smallest absolute Gasteiger partial charge is 0.349 e. The van der Waals surface area contributed by atoms with Crippen molar-refractivity contribution in [3.05, 3.63) is 90.3 Å². The normalized spacial score (nSPS) is 23.6. The summed E-state index contributed by atoms with van der Waals surface area (Å²) >= 11 is 0. The quantitative estimate of drug-likeness (QED) is 0.0487. The molecule has 3 unspecified atom stereocenters. The van der Waals surface area contributed by atoms with E-state index in [4.69, 9.17) is 41.6 Å². The van der Waals surface area contributed by atoms with Crippen LogP contribution in [0.3, 0.4) is 0 Å². The van der Waals surface area contributed by atoms with Crippen molar-refractivity contribution >= 4 is 17.9 Å². The van der Waals surface area contributed by atoms with Gasteiger partial charge >= 0.3 is 17.9 Å². The minimum absolute atomic E-state index is 0.00721. The highest BCUT2D eigenvalue weighted by molar-refractivity contribution is 5.96. The highest BCUT2D eigenvalue weighted by atomic mass is 16.6. The van der Waals surface area contributed by atoms with Gasteiger partial charge in [0.05, 0.1) is 94.8 Å². The molecule has 0 aromatic heterocycles. The molecule has 3 heterocycles. The zero-order chi connectivity index (χ0) is 52.3. The number of likely N-dealkylation sites (tertiary alicyclic amines) is 3. The van der Waals surface area contributed by atoms with Gasteiger partial charge in [-0.05, 0) is 61.7 Å². The van der Waals surface area contributed by atoms with E-state index in [1.54, 1.807) is 0 Å². The Labute approximate surface area is 425 Å². The second-order valence-electron chi connectivity index (χ2n) is 18.3. The van der Waals surface area contributed by atoms with E-state index in [2.05, 4.69) is 21.8 Å². The molecule has 21 heteroatoms. The lowest BCUT2D eigenvalue weighted by Crippen LogP contribution is -2.32. The molecule has 0 aromatic rings. The molecule has 3 aliphatic carbocycles. The molecule has 0 amide bonds. The summed E-state index contributed by atoms with van der Waals surface area (Å²) in [7, 11) is 0. The van der Waals surface area contributed by atoms with Gasteiger partial charge in [0.15, 0.2) is 5.70 Å². The maximum absolute atomic E-state index is 14.1. The average molecular weight is 1000 g/mol. The highest BCUT2D eigenvalue weighted by Crippen LogP contribution is 2.40. The third-order valence-electron chi connectivity index (χ3n) is 13.6. The van der Waals surface area contributed by atoms with Crippen molar-refractivity contribution in [2.75, 3.05) is 98.7 Å². The van der Waals surface area contributed by atoms with Crippen LogP contribution < -0.4 is 0 Å². The number of hydrogen-bond donors (Lipinski definition) is 3. The van der Waals surface area contributed by atoms with Gasteiger partial charge in [0.1, 0.15) is 48.6 Å². The lowest BCUT2D eigenvalue weighted by atomic mass is 9.86. The molecule has 73 heavy (non-hydrogen) atoms. The van der Waals surface area contributed by atoms with Gasteiger partial charge in [-0.15, -0.1) is 0 Å². The van der Waals surface area contributed by atoms with E-state index in [1.807, 2.05) is 26.8 Å². The number of esters is 3. The summed E-state index contributed by atoms with van der Waals surface area (Å²) in [5.74, 6) is -4.64. The average Bonchev–Trinajstić information content (AvgIpc) is 4.25. The fraction of sp³-hybridized carbons (Fsp3) is 0.596. The summed E-state index contributed by atoms with van der Waals surface area (Å²) in [6, 6.07) is 8.14. The van der Waals surface area contributed by atoms with Gasteiger partial charge < -0.3 is 58.4 Å². The number of nitriles is 4. The zero-order valence-corrected chi connectivity index (χ0v) is 40.9. The molecule has 6 rings (SSSR count). The fourth-order valence-corrected chi connectivity index (χ4v) is 10.2. The first-order valence-electron chi connectivity index (χ1n) is 24.8. The monoisotopic (exact) mass is 1000 g/mol. The Morgan fingerprint density at radius 1 is 0.548 bits per heavy atom. The molecular formula is C52H61N9O12. The lowest BCUT2D eigenvalue weighted by Gasteiger charge is -2.33. The van der Waals surface area contributed by atoms with E-state index in [9.17, 15) is 50.8 Å². The van der Waals surface area contributed by atoms with Crippen LogP contribution in [0.15, 0.2) is 67.5 Å². The van der Waals surface area contributed by atoms with Crippen LogP contribution in [0.4, 0.5) is 0 Å². The summed E-state index contributed by atoms with van der Waals surface area (Å²) in [5.41, 5.74) is 1.02. The Balaban J connectivity index is 1.32. The molecule has 6 aliphatic rings. The van der Waals surface area contributed by atoms with Gasteiger partial charge in [-0.25, -0.2) is 19.3 Å². The molecule has 21 nitrogen and oxygen atoms in total. The first-order valence-corrected chi connectivity index (χ1v) is 24.8. The van der Waals surface area contributed by atoms with Gasteiger partial charge in [-0.3, -0.25) is 4.79 Å². The van der Waals surface area contributed by atoms with Crippen LogP contribution >= 0.6 is 0 Å². The predicted molar refractivity (Wildman–Crippen MR) is 255 cm³/mol. The molecule has 3 atom stereocenters. The minimum Gasteiger partial charge on any atom is -0.470 e. The Bertz CT molecular complexity index is 2260. The second-order valence-corrected chi connectivity index (χ2v) is 18.3.